The van der Waals surface area contributed by atoms with E-state index in [4.69, 9.17) is 4.74 Å². The van der Waals surface area contributed by atoms with E-state index in [-0.39, 0.29) is 17.2 Å². The molecule has 1 aromatic heterocycles. The number of aromatic amines is 1. The van der Waals surface area contributed by atoms with Crippen molar-refractivity contribution in [2.75, 3.05) is 7.11 Å². The number of hydrogen-bond acceptors (Lipinski definition) is 3. The maximum Gasteiger partial charge on any atom is 0.269 e. The van der Waals surface area contributed by atoms with Gasteiger partial charge in [0.15, 0.2) is 0 Å². The van der Waals surface area contributed by atoms with Crippen LogP contribution >= 0.6 is 0 Å². The summed E-state index contributed by atoms with van der Waals surface area (Å²) in [4.78, 5) is 30.0. The lowest BCUT2D eigenvalue weighted by Gasteiger charge is -2.33. The number of carbonyl (C=O) groups is 2. The summed E-state index contributed by atoms with van der Waals surface area (Å²) in [6.45, 7) is 5.84. The Labute approximate surface area is 151 Å². The third kappa shape index (κ3) is 2.33. The molecule has 6 heteroatoms. The molecule has 0 aliphatic carbocycles. The second-order valence-electron chi connectivity index (χ2n) is 7.30. The van der Waals surface area contributed by atoms with Crippen LogP contribution in [0.5, 0.6) is 5.75 Å². The Balaban J connectivity index is 2.01. The lowest BCUT2D eigenvalue weighted by atomic mass is 9.85. The average Bonchev–Trinajstić information content (AvgIpc) is 2.96. The summed E-state index contributed by atoms with van der Waals surface area (Å²) >= 11 is 0. The van der Waals surface area contributed by atoms with E-state index in [0.29, 0.717) is 5.70 Å². The van der Waals surface area contributed by atoms with Crippen LogP contribution in [0.15, 0.2) is 36.2 Å². The van der Waals surface area contributed by atoms with Gasteiger partial charge in [-0.3, -0.25) is 14.5 Å². The molecule has 3 heterocycles. The summed E-state index contributed by atoms with van der Waals surface area (Å²) in [5, 5.41) is 3.71. The van der Waals surface area contributed by atoms with Gasteiger partial charge in [-0.1, -0.05) is 19.9 Å². The zero-order chi connectivity index (χ0) is 18.6. The highest BCUT2D eigenvalue weighted by molar-refractivity contribution is 6.09. The van der Waals surface area contributed by atoms with Gasteiger partial charge in [-0.2, -0.15) is 0 Å². The number of hydrogen-bond donors (Lipinski definition) is 2. The van der Waals surface area contributed by atoms with Gasteiger partial charge in [0.05, 0.1) is 7.11 Å². The zero-order valence-corrected chi connectivity index (χ0v) is 15.2. The van der Waals surface area contributed by atoms with Gasteiger partial charge in [0.2, 0.25) is 0 Å². The van der Waals surface area contributed by atoms with Crippen LogP contribution in [0.2, 0.25) is 0 Å². The number of methoxy groups -OCH3 is 1. The summed E-state index contributed by atoms with van der Waals surface area (Å²) in [6, 6.07) is 5.25. The summed E-state index contributed by atoms with van der Waals surface area (Å²) in [5.74, 6) is 0.358. The van der Waals surface area contributed by atoms with Crippen molar-refractivity contribution in [1.82, 2.24) is 15.2 Å². The molecule has 4 rings (SSSR count). The number of nitrogens with one attached hydrogen (secondary N) is 2. The number of fused-ring (bicyclic) bond motifs is 4. The Bertz CT molecular complexity index is 997. The average molecular weight is 351 g/mol. The van der Waals surface area contributed by atoms with Crippen molar-refractivity contribution in [3.8, 4) is 5.75 Å². The van der Waals surface area contributed by atoms with Crippen molar-refractivity contribution < 1.29 is 14.3 Å². The molecule has 2 N–H and O–H groups in total. The van der Waals surface area contributed by atoms with E-state index in [1.807, 2.05) is 24.3 Å². The molecule has 2 aliphatic rings. The fourth-order valence-electron chi connectivity index (χ4n) is 3.52. The second kappa shape index (κ2) is 5.49. The minimum Gasteiger partial charge on any atom is -0.497 e. The first-order chi connectivity index (χ1) is 12.3. The number of H-pyrrole nitrogens is 1. The van der Waals surface area contributed by atoms with Gasteiger partial charge in [-0.25, -0.2) is 0 Å². The highest BCUT2D eigenvalue weighted by Crippen LogP contribution is 2.37. The van der Waals surface area contributed by atoms with E-state index < -0.39 is 6.04 Å². The number of carbonyl (C=O) groups excluding carboxylic acids is 2. The van der Waals surface area contributed by atoms with Crippen LogP contribution in [0.1, 0.15) is 32.0 Å². The quantitative estimate of drug-likeness (QED) is 0.829. The number of piperazine rings is 1. The molecule has 1 saturated heterocycles. The van der Waals surface area contributed by atoms with Crippen LogP contribution in [0.4, 0.5) is 0 Å². The predicted molar refractivity (Wildman–Crippen MR) is 99.4 cm³/mol. The van der Waals surface area contributed by atoms with Crippen molar-refractivity contribution in [3.63, 3.8) is 0 Å². The molecule has 0 radical (unpaired) electrons. The number of aromatic nitrogens is 1. The number of ether oxygens (including phenoxy) is 1. The minimum atomic E-state index is -0.543. The summed E-state index contributed by atoms with van der Waals surface area (Å²) < 4.78 is 5.32. The van der Waals surface area contributed by atoms with Crippen LogP contribution in [0.3, 0.4) is 0 Å². The Kier molecular flexibility index (Phi) is 3.47. The SMILES string of the molecule is COc1ccc2c3c([nH]c2c1)C(C)(C)C=CN1C(=O)[C@@H](C)NC(=O)C1=C3. The summed E-state index contributed by atoms with van der Waals surface area (Å²) in [6.07, 6.45) is 5.46. The van der Waals surface area contributed by atoms with Gasteiger partial charge in [-0.05, 0) is 25.1 Å². The maximum absolute atomic E-state index is 12.6. The molecular weight excluding hydrogens is 330 g/mol. The van der Waals surface area contributed by atoms with Crippen LogP contribution in [-0.4, -0.2) is 34.8 Å². The van der Waals surface area contributed by atoms with Crippen LogP contribution in [0, 0.1) is 0 Å². The molecule has 2 aliphatic heterocycles. The molecule has 2 amide bonds. The van der Waals surface area contributed by atoms with E-state index in [2.05, 4.69) is 24.1 Å². The molecule has 0 bridgehead atoms. The number of rotatable bonds is 1. The van der Waals surface area contributed by atoms with Crippen LogP contribution < -0.4 is 10.1 Å². The van der Waals surface area contributed by atoms with Gasteiger partial charge in [0, 0.05) is 39.8 Å². The number of amides is 2. The third-order valence-corrected chi connectivity index (χ3v) is 5.06. The van der Waals surface area contributed by atoms with E-state index in [1.165, 1.54) is 4.90 Å². The number of benzene rings is 1. The molecule has 6 nitrogen and oxygen atoms in total. The van der Waals surface area contributed by atoms with Crippen LogP contribution in [-0.2, 0) is 15.0 Å². The van der Waals surface area contributed by atoms with E-state index >= 15 is 0 Å². The minimum absolute atomic E-state index is 0.145. The summed E-state index contributed by atoms with van der Waals surface area (Å²) in [5.41, 5.74) is 2.81. The van der Waals surface area contributed by atoms with E-state index in [9.17, 15) is 9.59 Å². The molecule has 1 fully saturated rings. The number of allylic oxidation sites excluding steroid dienone is 1. The van der Waals surface area contributed by atoms with Gasteiger partial charge in [0.1, 0.15) is 17.5 Å². The van der Waals surface area contributed by atoms with E-state index in [0.717, 1.165) is 27.9 Å². The Morgan fingerprint density at radius 2 is 2.00 bits per heavy atom. The van der Waals surface area contributed by atoms with Crippen molar-refractivity contribution in [2.24, 2.45) is 0 Å². The molecule has 1 aromatic carbocycles. The zero-order valence-electron chi connectivity index (χ0n) is 15.2. The molecule has 134 valence electrons. The summed E-state index contributed by atoms with van der Waals surface area (Å²) in [7, 11) is 1.63. The van der Waals surface area contributed by atoms with Gasteiger partial charge >= 0.3 is 0 Å². The second-order valence-corrected chi connectivity index (χ2v) is 7.30. The molecule has 1 atom stereocenters. The third-order valence-electron chi connectivity index (χ3n) is 5.06. The predicted octanol–water partition coefficient (Wildman–Crippen LogP) is 2.67. The Morgan fingerprint density at radius 1 is 1.23 bits per heavy atom. The fraction of sp³-hybridized carbons (Fsp3) is 0.300. The van der Waals surface area contributed by atoms with Gasteiger partial charge < -0.3 is 15.0 Å². The lowest BCUT2D eigenvalue weighted by Crippen LogP contribution is -2.53. The number of nitrogens with zero attached hydrogens (tertiary/aromatic N) is 1. The first-order valence-electron chi connectivity index (χ1n) is 8.57. The maximum atomic E-state index is 12.6. The molecular formula is C20H21N3O3. The smallest absolute Gasteiger partial charge is 0.269 e. The standard InChI is InChI=1S/C20H21N3O3/c1-11-19(25)23-8-7-20(2,3)17-14(10-16(23)18(24)21-11)13-6-5-12(26-4)9-15(13)22-17/h5-11,22H,1-4H3,(H,21,24)/t11-/m1/s1. The largest absolute Gasteiger partial charge is 0.497 e. The first kappa shape index (κ1) is 16.4. The van der Waals surface area contributed by atoms with Gasteiger partial charge in [-0.15, -0.1) is 0 Å². The topological polar surface area (TPSA) is 74.4 Å². The van der Waals surface area contributed by atoms with Crippen molar-refractivity contribution >= 4 is 28.8 Å². The Hall–Kier alpha value is -3.02. The van der Waals surface area contributed by atoms with Crippen molar-refractivity contribution in [1.29, 1.82) is 0 Å². The normalized spacial score (nSPS) is 21.5. The molecule has 0 spiro atoms. The first-order valence-corrected chi connectivity index (χ1v) is 8.57. The highest BCUT2D eigenvalue weighted by atomic mass is 16.5. The highest BCUT2D eigenvalue weighted by Gasteiger charge is 2.36. The fourth-order valence-corrected chi connectivity index (χ4v) is 3.52. The van der Waals surface area contributed by atoms with Gasteiger partial charge in [0.25, 0.3) is 11.8 Å². The van der Waals surface area contributed by atoms with Crippen LogP contribution in [0.25, 0.3) is 17.0 Å². The van der Waals surface area contributed by atoms with E-state index in [1.54, 1.807) is 26.3 Å². The molecule has 0 unspecified atom stereocenters. The monoisotopic (exact) mass is 351 g/mol. The molecule has 26 heavy (non-hydrogen) atoms. The molecule has 0 saturated carbocycles. The lowest BCUT2D eigenvalue weighted by molar-refractivity contribution is -0.137. The Morgan fingerprint density at radius 3 is 2.73 bits per heavy atom. The van der Waals surface area contributed by atoms with Crippen molar-refractivity contribution in [2.45, 2.75) is 32.2 Å². The van der Waals surface area contributed by atoms with Crippen molar-refractivity contribution in [3.05, 3.63) is 47.4 Å². The molecule has 2 aromatic rings.